The summed E-state index contributed by atoms with van der Waals surface area (Å²) in [6, 6.07) is 0. The van der Waals surface area contributed by atoms with Gasteiger partial charge in [-0.2, -0.15) is 0 Å². The molecule has 0 aromatic heterocycles. The first kappa shape index (κ1) is 17.1. The number of carbonyl (C=O) groups is 2. The topological polar surface area (TPSA) is 66.4 Å². The Balaban J connectivity index is 2.22. The van der Waals surface area contributed by atoms with Crippen molar-refractivity contribution in [3.63, 3.8) is 0 Å². The molecule has 2 atom stereocenters. The molecule has 0 aromatic rings. The van der Waals surface area contributed by atoms with Crippen LogP contribution in [0.2, 0.25) is 0 Å². The van der Waals surface area contributed by atoms with Gasteiger partial charge in [-0.1, -0.05) is 0 Å². The molecule has 1 heterocycles. The second-order valence-electron chi connectivity index (χ2n) is 6.69. The number of rotatable bonds is 4. The third-order valence-corrected chi connectivity index (χ3v) is 5.51. The van der Waals surface area contributed by atoms with Crippen LogP contribution in [0.3, 0.4) is 0 Å². The summed E-state index contributed by atoms with van der Waals surface area (Å²) in [5.74, 6) is -0.115. The number of ketones is 2. The lowest BCUT2D eigenvalue weighted by molar-refractivity contribution is -1.09. The van der Waals surface area contributed by atoms with Crippen LogP contribution in [-0.4, -0.2) is 35.6 Å². The molecule has 0 radical (unpaired) electrons. The normalized spacial score (nSPS) is 33.2. The van der Waals surface area contributed by atoms with Gasteiger partial charge in [-0.15, -0.1) is 0 Å². The summed E-state index contributed by atoms with van der Waals surface area (Å²) in [6.45, 7) is 7.45. The summed E-state index contributed by atoms with van der Waals surface area (Å²) in [7, 11) is 1.44. The standard InChI is InChI=1S/C17H25NO4/c1-11-12(2)16(20)14(13(3)15(11)19)7-9-17(4)8-6-10-18(17,21)22-5/h6-10H2,1-5H3. The van der Waals surface area contributed by atoms with Crippen LogP contribution in [0.5, 0.6) is 0 Å². The highest BCUT2D eigenvalue weighted by atomic mass is 16.9. The molecule has 0 saturated carbocycles. The van der Waals surface area contributed by atoms with Gasteiger partial charge in [0.15, 0.2) is 11.6 Å². The van der Waals surface area contributed by atoms with E-state index in [1.165, 1.54) is 7.11 Å². The molecule has 1 aliphatic carbocycles. The minimum Gasteiger partial charge on any atom is -0.598 e. The highest BCUT2D eigenvalue weighted by Crippen LogP contribution is 2.41. The van der Waals surface area contributed by atoms with Crippen molar-refractivity contribution in [1.82, 2.24) is 0 Å². The van der Waals surface area contributed by atoms with Crippen LogP contribution in [0.4, 0.5) is 0 Å². The molecular formula is C17H25NO4. The zero-order valence-corrected chi connectivity index (χ0v) is 14.1. The van der Waals surface area contributed by atoms with Crippen molar-refractivity contribution in [3.05, 3.63) is 27.5 Å². The molecule has 2 unspecified atom stereocenters. The monoisotopic (exact) mass is 307 g/mol. The van der Waals surface area contributed by atoms with Gasteiger partial charge < -0.3 is 5.21 Å². The Labute approximate surface area is 131 Å². The average molecular weight is 307 g/mol. The fraction of sp³-hybridized carbons (Fsp3) is 0.647. The van der Waals surface area contributed by atoms with Gasteiger partial charge in [0.25, 0.3) is 0 Å². The second-order valence-corrected chi connectivity index (χ2v) is 6.69. The molecule has 5 nitrogen and oxygen atoms in total. The molecule has 0 spiro atoms. The largest absolute Gasteiger partial charge is 0.598 e. The van der Waals surface area contributed by atoms with Crippen molar-refractivity contribution in [3.8, 4) is 0 Å². The van der Waals surface area contributed by atoms with E-state index in [1.54, 1.807) is 20.8 Å². The lowest BCUT2D eigenvalue weighted by Gasteiger charge is -2.46. The van der Waals surface area contributed by atoms with E-state index in [1.807, 2.05) is 6.92 Å². The Morgan fingerprint density at radius 1 is 1.14 bits per heavy atom. The van der Waals surface area contributed by atoms with E-state index < -0.39 is 10.3 Å². The van der Waals surface area contributed by atoms with E-state index in [0.29, 0.717) is 41.7 Å². The molecule has 0 bridgehead atoms. The minimum absolute atomic E-state index is 0.0571. The fourth-order valence-electron chi connectivity index (χ4n) is 3.57. The molecule has 0 N–H and O–H groups in total. The SMILES string of the molecule is CO[N+]1([O-])CCCC1(C)CCC1=C(C)C(=O)C(C)=C(C)C1=O. The van der Waals surface area contributed by atoms with Crippen LogP contribution >= 0.6 is 0 Å². The van der Waals surface area contributed by atoms with Crippen LogP contribution in [0.15, 0.2) is 22.3 Å². The van der Waals surface area contributed by atoms with Crippen molar-refractivity contribution in [2.45, 2.75) is 58.9 Å². The molecule has 122 valence electrons. The molecule has 1 fully saturated rings. The van der Waals surface area contributed by atoms with E-state index in [-0.39, 0.29) is 11.6 Å². The maximum absolute atomic E-state index is 12.7. The highest BCUT2D eigenvalue weighted by Gasteiger charge is 2.47. The summed E-state index contributed by atoms with van der Waals surface area (Å²) in [4.78, 5) is 29.1. The van der Waals surface area contributed by atoms with E-state index in [2.05, 4.69) is 0 Å². The van der Waals surface area contributed by atoms with Gasteiger partial charge in [0.1, 0.15) is 12.1 Å². The average Bonchev–Trinajstić information content (AvgIpc) is 2.79. The predicted molar refractivity (Wildman–Crippen MR) is 83.5 cm³/mol. The number of Topliss-reactive ketones (excluding diaryl/α,β-unsaturated/α-hetero) is 2. The number of quaternary nitrogens is 1. The first-order valence-corrected chi connectivity index (χ1v) is 7.78. The number of hydrogen-bond acceptors (Lipinski definition) is 4. The first-order valence-electron chi connectivity index (χ1n) is 7.78. The third-order valence-electron chi connectivity index (χ3n) is 5.51. The van der Waals surface area contributed by atoms with E-state index >= 15 is 0 Å². The third kappa shape index (κ3) is 2.47. The van der Waals surface area contributed by atoms with Crippen LogP contribution in [-0.2, 0) is 14.4 Å². The number of allylic oxidation sites excluding steroid dienone is 4. The van der Waals surface area contributed by atoms with Gasteiger partial charge in [0, 0.05) is 41.6 Å². The van der Waals surface area contributed by atoms with E-state index in [4.69, 9.17) is 4.84 Å². The molecule has 0 aromatic carbocycles. The number of hydrogen-bond donors (Lipinski definition) is 0. The Hall–Kier alpha value is -1.30. The maximum Gasteiger partial charge on any atom is 0.185 e. The molecule has 2 rings (SSSR count). The molecule has 0 amide bonds. The lowest BCUT2D eigenvalue weighted by Crippen LogP contribution is -2.54. The molecule has 2 aliphatic rings. The summed E-state index contributed by atoms with van der Waals surface area (Å²) >= 11 is 0. The Morgan fingerprint density at radius 3 is 2.32 bits per heavy atom. The number of carbonyl (C=O) groups excluding carboxylic acids is 2. The molecule has 22 heavy (non-hydrogen) atoms. The van der Waals surface area contributed by atoms with Crippen molar-refractivity contribution in [1.29, 1.82) is 0 Å². The van der Waals surface area contributed by atoms with Gasteiger partial charge in [-0.3, -0.25) is 9.59 Å². The summed E-state index contributed by atoms with van der Waals surface area (Å²) < 4.78 is 0. The zero-order valence-electron chi connectivity index (χ0n) is 14.1. The van der Waals surface area contributed by atoms with Crippen molar-refractivity contribution in [2.24, 2.45) is 0 Å². The lowest BCUT2D eigenvalue weighted by atomic mass is 9.81. The van der Waals surface area contributed by atoms with Gasteiger partial charge in [-0.25, -0.2) is 9.65 Å². The predicted octanol–water partition coefficient (Wildman–Crippen LogP) is 3.00. The Kier molecular flexibility index (Phi) is 4.44. The maximum atomic E-state index is 12.7. The smallest absolute Gasteiger partial charge is 0.185 e. The zero-order chi connectivity index (χ0) is 16.7. The summed E-state index contributed by atoms with van der Waals surface area (Å²) in [5, 5.41) is 12.7. The number of hydroxylamine groups is 4. The van der Waals surface area contributed by atoms with Gasteiger partial charge >= 0.3 is 0 Å². The second kappa shape index (κ2) is 5.72. The molecule has 1 saturated heterocycles. The van der Waals surface area contributed by atoms with Crippen LogP contribution in [0.25, 0.3) is 0 Å². The quantitative estimate of drug-likeness (QED) is 0.455. The van der Waals surface area contributed by atoms with Crippen LogP contribution in [0.1, 0.15) is 53.4 Å². The van der Waals surface area contributed by atoms with Crippen LogP contribution in [0, 0.1) is 5.21 Å². The summed E-state index contributed by atoms with van der Waals surface area (Å²) in [5.41, 5.74) is 1.58. The van der Waals surface area contributed by atoms with Gasteiger partial charge in [0.05, 0.1) is 7.11 Å². The molecule has 1 aliphatic heterocycles. The number of nitrogens with zero attached hydrogens (tertiary/aromatic N) is 1. The first-order chi connectivity index (χ1) is 10.2. The molecular weight excluding hydrogens is 282 g/mol. The Bertz CT molecular complexity index is 589. The Morgan fingerprint density at radius 2 is 1.73 bits per heavy atom. The van der Waals surface area contributed by atoms with Gasteiger partial charge in [-0.05, 0) is 34.1 Å². The van der Waals surface area contributed by atoms with Crippen molar-refractivity contribution < 1.29 is 19.2 Å². The summed E-state index contributed by atoms with van der Waals surface area (Å²) in [6.07, 6.45) is 2.58. The van der Waals surface area contributed by atoms with Crippen LogP contribution < -0.4 is 0 Å². The molecule has 5 heteroatoms. The van der Waals surface area contributed by atoms with E-state index in [0.717, 1.165) is 12.8 Å². The van der Waals surface area contributed by atoms with Gasteiger partial charge in [0.2, 0.25) is 0 Å². The van der Waals surface area contributed by atoms with Crippen molar-refractivity contribution >= 4 is 11.6 Å². The van der Waals surface area contributed by atoms with Crippen molar-refractivity contribution in [2.75, 3.05) is 13.7 Å². The highest BCUT2D eigenvalue weighted by molar-refractivity contribution is 6.24. The minimum atomic E-state index is -0.671. The fourth-order valence-corrected chi connectivity index (χ4v) is 3.57. The van der Waals surface area contributed by atoms with E-state index in [9.17, 15) is 14.8 Å².